The quantitative estimate of drug-likeness (QED) is 0.813. The first-order valence-electron chi connectivity index (χ1n) is 6.83. The molecule has 0 fully saturated rings. The topological polar surface area (TPSA) is 31.2 Å². The lowest BCUT2D eigenvalue weighted by atomic mass is 10.1. The summed E-state index contributed by atoms with van der Waals surface area (Å²) >= 11 is 0. The van der Waals surface area contributed by atoms with Crippen molar-refractivity contribution in [1.29, 1.82) is 0 Å². The zero-order valence-corrected chi connectivity index (χ0v) is 12.0. The molecular weight excluding hydrogens is 238 g/mol. The highest BCUT2D eigenvalue weighted by Crippen LogP contribution is 2.25. The van der Waals surface area contributed by atoms with Gasteiger partial charge in [-0.2, -0.15) is 0 Å². The van der Waals surface area contributed by atoms with Crippen molar-refractivity contribution >= 4 is 16.7 Å². The molecule has 3 heteroatoms. The minimum absolute atomic E-state index is 0.112. The second-order valence-electron chi connectivity index (χ2n) is 5.11. The Labute approximate surface area is 114 Å². The lowest BCUT2D eigenvalue weighted by molar-refractivity contribution is -0.121. The molecule has 0 aliphatic rings. The van der Waals surface area contributed by atoms with E-state index in [9.17, 15) is 4.79 Å². The maximum Gasteiger partial charge on any atom is 0.155 e. The number of benzene rings is 1. The SMILES string of the molecule is CCC(=O)C(C)n1ccc2cc(OC(C)C)ccc21. The third kappa shape index (κ3) is 2.80. The van der Waals surface area contributed by atoms with Gasteiger partial charge in [-0.3, -0.25) is 4.79 Å². The molecule has 1 heterocycles. The molecule has 2 aromatic rings. The number of carbonyl (C=O) groups is 1. The Balaban J connectivity index is 2.36. The minimum Gasteiger partial charge on any atom is -0.491 e. The lowest BCUT2D eigenvalue weighted by Crippen LogP contribution is -2.14. The highest BCUT2D eigenvalue weighted by atomic mass is 16.5. The second-order valence-corrected chi connectivity index (χ2v) is 5.11. The van der Waals surface area contributed by atoms with Crippen LogP contribution in [0.1, 0.15) is 40.2 Å². The summed E-state index contributed by atoms with van der Waals surface area (Å²) < 4.78 is 7.71. The molecule has 0 aliphatic heterocycles. The van der Waals surface area contributed by atoms with Crippen molar-refractivity contribution in [3.05, 3.63) is 30.5 Å². The molecule has 19 heavy (non-hydrogen) atoms. The molecule has 1 atom stereocenters. The van der Waals surface area contributed by atoms with E-state index in [0.29, 0.717) is 6.42 Å². The van der Waals surface area contributed by atoms with Crippen LogP contribution >= 0.6 is 0 Å². The van der Waals surface area contributed by atoms with E-state index >= 15 is 0 Å². The Morgan fingerprint density at radius 2 is 2.00 bits per heavy atom. The monoisotopic (exact) mass is 259 g/mol. The van der Waals surface area contributed by atoms with E-state index in [4.69, 9.17) is 4.74 Å². The number of fused-ring (bicyclic) bond motifs is 1. The number of nitrogens with zero attached hydrogens (tertiary/aromatic N) is 1. The third-order valence-electron chi connectivity index (χ3n) is 3.30. The highest BCUT2D eigenvalue weighted by molar-refractivity contribution is 5.87. The van der Waals surface area contributed by atoms with Gasteiger partial charge in [0.05, 0.1) is 12.1 Å². The van der Waals surface area contributed by atoms with Crippen molar-refractivity contribution in [3.8, 4) is 5.75 Å². The van der Waals surface area contributed by atoms with Gasteiger partial charge >= 0.3 is 0 Å². The summed E-state index contributed by atoms with van der Waals surface area (Å²) in [6.45, 7) is 7.87. The molecule has 0 spiro atoms. The van der Waals surface area contributed by atoms with Gasteiger partial charge in [-0.25, -0.2) is 0 Å². The number of ketones is 1. The Bertz CT molecular complexity index is 583. The fourth-order valence-corrected chi connectivity index (χ4v) is 2.28. The molecule has 0 bridgehead atoms. The standard InChI is InChI=1S/C16H21NO2/c1-5-16(18)12(4)17-9-8-13-10-14(19-11(2)3)6-7-15(13)17/h6-12H,5H2,1-4H3. The van der Waals surface area contributed by atoms with Gasteiger partial charge in [0, 0.05) is 23.5 Å². The number of Topliss-reactive ketones (excluding diaryl/α,β-unsaturated/α-hetero) is 1. The summed E-state index contributed by atoms with van der Waals surface area (Å²) in [6, 6.07) is 7.92. The van der Waals surface area contributed by atoms with Crippen LogP contribution in [-0.2, 0) is 4.79 Å². The van der Waals surface area contributed by atoms with Crippen LogP contribution in [0.25, 0.3) is 10.9 Å². The zero-order valence-electron chi connectivity index (χ0n) is 12.0. The third-order valence-corrected chi connectivity index (χ3v) is 3.30. The summed E-state index contributed by atoms with van der Waals surface area (Å²) in [5.41, 5.74) is 1.07. The molecule has 0 N–H and O–H groups in total. The van der Waals surface area contributed by atoms with Crippen LogP contribution in [0.2, 0.25) is 0 Å². The zero-order chi connectivity index (χ0) is 14.0. The molecule has 0 radical (unpaired) electrons. The van der Waals surface area contributed by atoms with E-state index in [1.165, 1.54) is 0 Å². The van der Waals surface area contributed by atoms with Gasteiger partial charge in [-0.15, -0.1) is 0 Å². The Kier molecular flexibility index (Phi) is 3.93. The number of carbonyl (C=O) groups excluding carboxylic acids is 1. The summed E-state index contributed by atoms with van der Waals surface area (Å²) in [4.78, 5) is 11.8. The summed E-state index contributed by atoms with van der Waals surface area (Å²) in [5.74, 6) is 1.12. The van der Waals surface area contributed by atoms with Gasteiger partial charge in [0.2, 0.25) is 0 Å². The van der Waals surface area contributed by atoms with Gasteiger partial charge in [-0.05, 0) is 45.0 Å². The van der Waals surface area contributed by atoms with E-state index in [1.54, 1.807) is 0 Å². The predicted octanol–water partition coefficient (Wildman–Crippen LogP) is 3.97. The minimum atomic E-state index is -0.112. The average Bonchev–Trinajstić information content (AvgIpc) is 2.79. The second kappa shape index (κ2) is 5.47. The smallest absolute Gasteiger partial charge is 0.155 e. The molecule has 0 amide bonds. The Morgan fingerprint density at radius 1 is 1.26 bits per heavy atom. The van der Waals surface area contributed by atoms with Crippen LogP contribution in [0.3, 0.4) is 0 Å². The van der Waals surface area contributed by atoms with Crippen molar-refractivity contribution < 1.29 is 9.53 Å². The molecule has 102 valence electrons. The molecule has 0 aliphatic carbocycles. The first-order valence-corrected chi connectivity index (χ1v) is 6.83. The van der Waals surface area contributed by atoms with E-state index in [1.807, 2.05) is 62.7 Å². The fourth-order valence-electron chi connectivity index (χ4n) is 2.28. The number of ether oxygens (including phenoxy) is 1. The molecule has 0 saturated heterocycles. The van der Waals surface area contributed by atoms with Crippen molar-refractivity contribution in [1.82, 2.24) is 4.57 Å². The summed E-state index contributed by atoms with van der Waals surface area (Å²) in [7, 11) is 0. The number of hydrogen-bond acceptors (Lipinski definition) is 2. The van der Waals surface area contributed by atoms with Crippen LogP contribution < -0.4 is 4.74 Å². The maximum absolute atomic E-state index is 11.8. The maximum atomic E-state index is 11.8. The fraction of sp³-hybridized carbons (Fsp3) is 0.438. The molecule has 3 nitrogen and oxygen atoms in total. The normalized spacial score (nSPS) is 12.9. The van der Waals surface area contributed by atoms with Crippen molar-refractivity contribution in [3.63, 3.8) is 0 Å². The first kappa shape index (κ1) is 13.7. The average molecular weight is 259 g/mol. The number of hydrogen-bond donors (Lipinski definition) is 0. The van der Waals surface area contributed by atoms with Crippen LogP contribution in [-0.4, -0.2) is 16.5 Å². The molecule has 2 rings (SSSR count). The van der Waals surface area contributed by atoms with E-state index in [-0.39, 0.29) is 17.9 Å². The van der Waals surface area contributed by atoms with Gasteiger partial charge < -0.3 is 9.30 Å². The molecule has 1 unspecified atom stereocenters. The van der Waals surface area contributed by atoms with Crippen molar-refractivity contribution in [2.24, 2.45) is 0 Å². The molecule has 1 aromatic heterocycles. The van der Waals surface area contributed by atoms with Crippen LogP contribution in [0.15, 0.2) is 30.5 Å². The summed E-state index contributed by atoms with van der Waals surface area (Å²) in [6.07, 6.45) is 2.71. The Morgan fingerprint density at radius 3 is 2.63 bits per heavy atom. The lowest BCUT2D eigenvalue weighted by Gasteiger charge is -2.14. The van der Waals surface area contributed by atoms with Crippen LogP contribution in [0.4, 0.5) is 0 Å². The van der Waals surface area contributed by atoms with Crippen LogP contribution in [0, 0.1) is 0 Å². The van der Waals surface area contributed by atoms with Gasteiger partial charge in [0.25, 0.3) is 0 Å². The molecule has 0 saturated carbocycles. The number of rotatable bonds is 5. The van der Waals surface area contributed by atoms with Crippen molar-refractivity contribution in [2.75, 3.05) is 0 Å². The van der Waals surface area contributed by atoms with E-state index in [2.05, 4.69) is 0 Å². The molecule has 1 aromatic carbocycles. The first-order chi connectivity index (χ1) is 9.02. The Hall–Kier alpha value is -1.77. The van der Waals surface area contributed by atoms with Crippen LogP contribution in [0.5, 0.6) is 5.75 Å². The van der Waals surface area contributed by atoms with Gasteiger partial charge in [-0.1, -0.05) is 6.92 Å². The van der Waals surface area contributed by atoms with Gasteiger partial charge in [0.15, 0.2) is 5.78 Å². The van der Waals surface area contributed by atoms with E-state index in [0.717, 1.165) is 16.7 Å². The van der Waals surface area contributed by atoms with E-state index < -0.39 is 0 Å². The molecular formula is C16H21NO2. The largest absolute Gasteiger partial charge is 0.491 e. The van der Waals surface area contributed by atoms with Crippen molar-refractivity contribution in [2.45, 2.75) is 46.3 Å². The van der Waals surface area contributed by atoms with Gasteiger partial charge in [0.1, 0.15) is 5.75 Å². The summed E-state index contributed by atoms with van der Waals surface area (Å²) in [5, 5.41) is 1.11. The highest BCUT2D eigenvalue weighted by Gasteiger charge is 2.14. The predicted molar refractivity (Wildman–Crippen MR) is 77.7 cm³/mol. The number of aromatic nitrogens is 1.